The zero-order chi connectivity index (χ0) is 11.0. The number of thioether (sulfide) groups is 1. The quantitative estimate of drug-likeness (QED) is 0.840. The van der Waals surface area contributed by atoms with Crippen LogP contribution < -0.4 is 4.74 Å². The number of carboxylic acid groups (broad SMARTS) is 1. The third-order valence-corrected chi connectivity index (χ3v) is 3.65. The molecule has 1 heterocycles. The maximum atomic E-state index is 13.4. The number of rotatable bonds is 2. The molecule has 0 spiro atoms. The minimum atomic E-state index is -0.919. The van der Waals surface area contributed by atoms with E-state index in [-0.39, 0.29) is 12.2 Å². The fraction of sp³-hybridized carbons (Fsp3) is 0.300. The number of hydrogen-bond acceptors (Lipinski definition) is 3. The Balaban J connectivity index is 2.43. The molecule has 3 nitrogen and oxygen atoms in total. The van der Waals surface area contributed by atoms with Crippen LogP contribution in [0.5, 0.6) is 5.75 Å². The summed E-state index contributed by atoms with van der Waals surface area (Å²) in [6, 6.07) is 2.83. The third-order valence-electron chi connectivity index (χ3n) is 2.31. The summed E-state index contributed by atoms with van der Waals surface area (Å²) in [5.41, 5.74) is 0.451. The molecule has 80 valence electrons. The van der Waals surface area contributed by atoms with Gasteiger partial charge in [0.25, 0.3) is 0 Å². The highest BCUT2D eigenvalue weighted by molar-refractivity contribution is 8.01. The van der Waals surface area contributed by atoms with Gasteiger partial charge in [-0.2, -0.15) is 0 Å². The zero-order valence-electron chi connectivity index (χ0n) is 7.99. The third kappa shape index (κ3) is 1.67. The molecule has 0 bridgehead atoms. The molecule has 1 aromatic carbocycles. The number of fused-ring (bicyclic) bond motifs is 1. The van der Waals surface area contributed by atoms with Crippen molar-refractivity contribution in [3.8, 4) is 5.75 Å². The summed E-state index contributed by atoms with van der Waals surface area (Å²) < 4.78 is 18.4. The molecular weight excluding hydrogens is 219 g/mol. The van der Waals surface area contributed by atoms with Gasteiger partial charge in [-0.3, -0.25) is 4.79 Å². The van der Waals surface area contributed by atoms with Crippen molar-refractivity contribution in [1.29, 1.82) is 0 Å². The maximum Gasteiger partial charge on any atom is 0.317 e. The van der Waals surface area contributed by atoms with Gasteiger partial charge in [0.1, 0.15) is 16.8 Å². The Kier molecular flexibility index (Phi) is 2.56. The lowest BCUT2D eigenvalue weighted by atomic mass is 10.1. The molecule has 1 atom stereocenters. The lowest BCUT2D eigenvalue weighted by molar-refractivity contribution is -0.136. The van der Waals surface area contributed by atoms with E-state index < -0.39 is 11.2 Å². The van der Waals surface area contributed by atoms with Crippen LogP contribution in [-0.2, 0) is 11.2 Å². The molecule has 0 aromatic heterocycles. The average molecular weight is 228 g/mol. The fourth-order valence-corrected chi connectivity index (χ4v) is 2.80. The zero-order valence-corrected chi connectivity index (χ0v) is 8.81. The summed E-state index contributed by atoms with van der Waals surface area (Å²) in [4.78, 5) is 11.4. The van der Waals surface area contributed by atoms with Crippen molar-refractivity contribution < 1.29 is 19.0 Å². The Morgan fingerprint density at radius 2 is 2.40 bits per heavy atom. The van der Waals surface area contributed by atoms with Crippen LogP contribution in [0.4, 0.5) is 4.39 Å². The molecule has 2 rings (SSSR count). The Hall–Kier alpha value is -1.23. The van der Waals surface area contributed by atoms with Crippen molar-refractivity contribution in [2.45, 2.75) is 16.6 Å². The van der Waals surface area contributed by atoms with E-state index in [4.69, 9.17) is 9.84 Å². The first-order valence-electron chi connectivity index (χ1n) is 4.38. The molecule has 15 heavy (non-hydrogen) atoms. The molecule has 0 saturated carbocycles. The number of carbonyl (C=O) groups is 1. The van der Waals surface area contributed by atoms with E-state index in [0.29, 0.717) is 16.2 Å². The van der Waals surface area contributed by atoms with Gasteiger partial charge in [0.15, 0.2) is 0 Å². The monoisotopic (exact) mass is 228 g/mol. The van der Waals surface area contributed by atoms with Crippen LogP contribution in [-0.4, -0.2) is 23.4 Å². The normalized spacial score (nSPS) is 18.7. The minimum absolute atomic E-state index is 0.221. The van der Waals surface area contributed by atoms with Crippen LogP contribution in [0.1, 0.15) is 5.56 Å². The first-order chi connectivity index (χ1) is 7.13. The molecular formula is C10H9FO3S. The van der Waals surface area contributed by atoms with Crippen molar-refractivity contribution in [3.05, 3.63) is 23.5 Å². The maximum absolute atomic E-state index is 13.4. The SMILES string of the molecule is COc1ccc(F)c2c1SC(C(=O)O)C2. The summed E-state index contributed by atoms with van der Waals surface area (Å²) in [5, 5.41) is 8.25. The summed E-state index contributed by atoms with van der Waals surface area (Å²) >= 11 is 1.15. The molecule has 1 unspecified atom stereocenters. The van der Waals surface area contributed by atoms with Crippen molar-refractivity contribution in [3.63, 3.8) is 0 Å². The summed E-state index contributed by atoms with van der Waals surface area (Å²) in [6.45, 7) is 0. The van der Waals surface area contributed by atoms with E-state index in [1.54, 1.807) is 0 Å². The molecule has 0 aliphatic carbocycles. The first kappa shape index (κ1) is 10.3. The Morgan fingerprint density at radius 1 is 1.67 bits per heavy atom. The average Bonchev–Trinajstić information content (AvgIpc) is 2.64. The van der Waals surface area contributed by atoms with Crippen LogP contribution in [0, 0.1) is 5.82 Å². The van der Waals surface area contributed by atoms with Gasteiger partial charge in [0.05, 0.1) is 12.0 Å². The smallest absolute Gasteiger partial charge is 0.317 e. The van der Waals surface area contributed by atoms with Crippen molar-refractivity contribution in [2.75, 3.05) is 7.11 Å². The van der Waals surface area contributed by atoms with Crippen molar-refractivity contribution in [2.24, 2.45) is 0 Å². The molecule has 0 radical (unpaired) electrons. The Bertz CT molecular complexity index is 419. The van der Waals surface area contributed by atoms with Gasteiger partial charge in [-0.05, 0) is 18.6 Å². The van der Waals surface area contributed by atoms with Crippen molar-refractivity contribution >= 4 is 17.7 Å². The van der Waals surface area contributed by atoms with Gasteiger partial charge in [0.2, 0.25) is 0 Å². The standard InChI is InChI=1S/C10H9FO3S/c1-14-7-3-2-6(11)5-4-8(10(12)13)15-9(5)7/h2-3,8H,4H2,1H3,(H,12,13). The Morgan fingerprint density at radius 3 is 3.00 bits per heavy atom. The van der Waals surface area contributed by atoms with Crippen LogP contribution in [0.15, 0.2) is 17.0 Å². The van der Waals surface area contributed by atoms with Gasteiger partial charge >= 0.3 is 5.97 Å². The number of benzene rings is 1. The molecule has 1 aromatic rings. The molecule has 0 saturated heterocycles. The van der Waals surface area contributed by atoms with Gasteiger partial charge < -0.3 is 9.84 Å². The van der Waals surface area contributed by atoms with E-state index in [1.165, 1.54) is 19.2 Å². The van der Waals surface area contributed by atoms with Crippen LogP contribution in [0.2, 0.25) is 0 Å². The van der Waals surface area contributed by atoms with Crippen LogP contribution >= 0.6 is 11.8 Å². The second kappa shape index (κ2) is 3.73. The summed E-state index contributed by atoms with van der Waals surface area (Å²) in [5.74, 6) is -0.736. The molecule has 1 N–H and O–H groups in total. The number of hydrogen-bond donors (Lipinski definition) is 1. The largest absolute Gasteiger partial charge is 0.496 e. The molecule has 0 amide bonds. The molecule has 5 heteroatoms. The number of ether oxygens (including phenoxy) is 1. The van der Waals surface area contributed by atoms with E-state index in [1.807, 2.05) is 0 Å². The van der Waals surface area contributed by atoms with E-state index >= 15 is 0 Å². The summed E-state index contributed by atoms with van der Waals surface area (Å²) in [6.07, 6.45) is 0.221. The van der Waals surface area contributed by atoms with Gasteiger partial charge in [-0.25, -0.2) is 4.39 Å². The summed E-state index contributed by atoms with van der Waals surface area (Å²) in [7, 11) is 1.49. The van der Waals surface area contributed by atoms with Crippen LogP contribution in [0.25, 0.3) is 0 Å². The van der Waals surface area contributed by atoms with E-state index in [9.17, 15) is 9.18 Å². The van der Waals surface area contributed by atoms with Gasteiger partial charge in [-0.15, -0.1) is 11.8 Å². The highest BCUT2D eigenvalue weighted by atomic mass is 32.2. The second-order valence-corrected chi connectivity index (χ2v) is 4.42. The predicted molar refractivity (Wildman–Crippen MR) is 53.9 cm³/mol. The van der Waals surface area contributed by atoms with E-state index in [2.05, 4.69) is 0 Å². The molecule has 0 fully saturated rings. The number of halogens is 1. The van der Waals surface area contributed by atoms with Crippen LogP contribution in [0.3, 0.4) is 0 Å². The van der Waals surface area contributed by atoms with Gasteiger partial charge in [-0.1, -0.05) is 0 Å². The predicted octanol–water partition coefficient (Wildman–Crippen LogP) is 1.94. The Labute approximate surface area is 90.2 Å². The minimum Gasteiger partial charge on any atom is -0.496 e. The second-order valence-electron chi connectivity index (χ2n) is 3.21. The number of carboxylic acids is 1. The first-order valence-corrected chi connectivity index (χ1v) is 5.26. The highest BCUT2D eigenvalue weighted by Crippen LogP contribution is 2.44. The van der Waals surface area contributed by atoms with Crippen molar-refractivity contribution in [1.82, 2.24) is 0 Å². The fourth-order valence-electron chi connectivity index (χ4n) is 1.57. The topological polar surface area (TPSA) is 46.5 Å². The molecule has 1 aliphatic rings. The lowest BCUT2D eigenvalue weighted by Gasteiger charge is -2.06. The lowest BCUT2D eigenvalue weighted by Crippen LogP contribution is -2.14. The molecule has 1 aliphatic heterocycles. The number of methoxy groups -OCH3 is 1. The van der Waals surface area contributed by atoms with Gasteiger partial charge in [0, 0.05) is 5.56 Å². The van der Waals surface area contributed by atoms with E-state index in [0.717, 1.165) is 11.8 Å². The number of aliphatic carboxylic acids is 1. The highest BCUT2D eigenvalue weighted by Gasteiger charge is 2.32.